The van der Waals surface area contributed by atoms with Crippen LogP contribution in [0.5, 0.6) is 0 Å². The van der Waals surface area contributed by atoms with Crippen molar-refractivity contribution in [2.24, 2.45) is 0 Å². The Labute approximate surface area is 144 Å². The predicted molar refractivity (Wildman–Crippen MR) is 98.6 cm³/mol. The molecule has 0 atom stereocenters. The zero-order valence-corrected chi connectivity index (χ0v) is 15.2. The molecule has 0 amide bonds. The van der Waals surface area contributed by atoms with Crippen LogP contribution in [0.3, 0.4) is 0 Å². The molecule has 2 nitrogen and oxygen atoms in total. The maximum absolute atomic E-state index is 13.4. The Morgan fingerprint density at radius 2 is 1.67 bits per heavy atom. The molecule has 0 unspecified atom stereocenters. The van der Waals surface area contributed by atoms with Gasteiger partial charge in [-0.2, -0.15) is 0 Å². The number of hydrogen-bond acceptors (Lipinski definition) is 2. The quantitative estimate of drug-likeness (QED) is 0.656. The van der Waals surface area contributed by atoms with Crippen LogP contribution in [-0.4, -0.2) is 12.1 Å². The number of nitrogens with zero attached hydrogens (tertiary/aromatic N) is 1. The highest BCUT2D eigenvalue weighted by Gasteiger charge is 2.22. The van der Waals surface area contributed by atoms with Crippen LogP contribution in [0.1, 0.15) is 62.0 Å². The molecule has 1 heterocycles. The third kappa shape index (κ3) is 3.57. The first-order valence-electron chi connectivity index (χ1n) is 8.34. The number of benzene rings is 1. The highest BCUT2D eigenvalue weighted by atomic mass is 19.1. The summed E-state index contributed by atoms with van der Waals surface area (Å²) in [5.74, 6) is 0.298. The predicted octanol–water partition coefficient (Wildman–Crippen LogP) is 5.92. The lowest BCUT2D eigenvalue weighted by molar-refractivity contribution is 0.184. The van der Waals surface area contributed by atoms with Crippen LogP contribution in [-0.2, 0) is 11.3 Å². The summed E-state index contributed by atoms with van der Waals surface area (Å²) in [6.07, 6.45) is 1.85. The Hall–Kier alpha value is -2.00. The van der Waals surface area contributed by atoms with Crippen LogP contribution >= 0.6 is 0 Å². The summed E-state index contributed by atoms with van der Waals surface area (Å²) in [6, 6.07) is 6.60. The minimum absolute atomic E-state index is 0.241. The third-order valence-electron chi connectivity index (χ3n) is 4.12. The fraction of sp³-hybridized carbons (Fsp3) is 0.381. The first-order valence-corrected chi connectivity index (χ1v) is 8.34. The van der Waals surface area contributed by atoms with Crippen LogP contribution < -0.4 is 0 Å². The van der Waals surface area contributed by atoms with Gasteiger partial charge in [0.05, 0.1) is 12.3 Å². The molecule has 0 aliphatic heterocycles. The van der Waals surface area contributed by atoms with E-state index in [1.807, 2.05) is 18.2 Å². The van der Waals surface area contributed by atoms with Crippen molar-refractivity contribution in [1.29, 1.82) is 0 Å². The van der Waals surface area contributed by atoms with Gasteiger partial charge in [-0.1, -0.05) is 52.5 Å². The highest BCUT2D eigenvalue weighted by Crippen LogP contribution is 2.37. The third-order valence-corrected chi connectivity index (χ3v) is 4.12. The first kappa shape index (κ1) is 18.3. The monoisotopic (exact) mass is 327 g/mol. The van der Waals surface area contributed by atoms with Gasteiger partial charge in [-0.3, -0.25) is 4.98 Å². The number of halogens is 1. The Balaban J connectivity index is 2.89. The van der Waals surface area contributed by atoms with Crippen LogP contribution in [0.2, 0.25) is 0 Å². The molecule has 2 rings (SSSR count). The second-order valence-corrected chi connectivity index (χ2v) is 6.60. The van der Waals surface area contributed by atoms with Crippen molar-refractivity contribution < 1.29 is 9.13 Å². The summed E-state index contributed by atoms with van der Waals surface area (Å²) in [4.78, 5) is 4.94. The summed E-state index contributed by atoms with van der Waals surface area (Å²) in [6.45, 7) is 13.0. The second-order valence-electron chi connectivity index (χ2n) is 6.60. The van der Waals surface area contributed by atoms with E-state index in [0.29, 0.717) is 6.61 Å². The lowest BCUT2D eigenvalue weighted by atomic mass is 9.87. The molecule has 0 saturated heterocycles. The van der Waals surface area contributed by atoms with E-state index in [0.717, 1.165) is 33.6 Å². The average Bonchev–Trinajstić information content (AvgIpc) is 2.54. The summed E-state index contributed by atoms with van der Waals surface area (Å²) >= 11 is 0. The Bertz CT molecular complexity index is 718. The van der Waals surface area contributed by atoms with Gasteiger partial charge in [0, 0.05) is 23.9 Å². The molecule has 2 aromatic rings. The lowest BCUT2D eigenvalue weighted by Gasteiger charge is -2.23. The SMILES string of the molecule is C=Cc1c(C(C)C)nc(C(C)C)c(COC)c1-c1ccc(F)cc1. The largest absolute Gasteiger partial charge is 0.380 e. The van der Waals surface area contributed by atoms with Crippen molar-refractivity contribution in [2.75, 3.05) is 7.11 Å². The molecule has 0 bridgehead atoms. The fourth-order valence-electron chi connectivity index (χ4n) is 3.04. The van der Waals surface area contributed by atoms with Gasteiger partial charge in [0.25, 0.3) is 0 Å². The van der Waals surface area contributed by atoms with Crippen LogP contribution in [0.4, 0.5) is 4.39 Å². The molecule has 3 heteroatoms. The van der Waals surface area contributed by atoms with Crippen molar-refractivity contribution in [3.05, 3.63) is 59.2 Å². The summed E-state index contributed by atoms with van der Waals surface area (Å²) < 4.78 is 18.8. The Morgan fingerprint density at radius 3 is 2.12 bits per heavy atom. The molecule has 1 aromatic carbocycles. The van der Waals surface area contributed by atoms with Crippen molar-refractivity contribution in [2.45, 2.75) is 46.1 Å². The molecule has 1 aromatic heterocycles. The molecule has 0 saturated carbocycles. The molecule has 0 N–H and O–H groups in total. The van der Waals surface area contributed by atoms with Gasteiger partial charge in [-0.05, 0) is 35.1 Å². The Morgan fingerprint density at radius 1 is 1.08 bits per heavy atom. The zero-order valence-electron chi connectivity index (χ0n) is 15.2. The van der Waals surface area contributed by atoms with E-state index in [-0.39, 0.29) is 17.7 Å². The van der Waals surface area contributed by atoms with Gasteiger partial charge in [0.15, 0.2) is 0 Å². The highest BCUT2D eigenvalue weighted by molar-refractivity contribution is 5.79. The van der Waals surface area contributed by atoms with E-state index in [1.165, 1.54) is 12.1 Å². The fourth-order valence-corrected chi connectivity index (χ4v) is 3.04. The smallest absolute Gasteiger partial charge is 0.123 e. The maximum atomic E-state index is 13.4. The summed E-state index contributed by atoms with van der Waals surface area (Å²) in [7, 11) is 1.68. The van der Waals surface area contributed by atoms with Gasteiger partial charge in [0.2, 0.25) is 0 Å². The molecule has 0 radical (unpaired) electrons. The number of hydrogen-bond donors (Lipinski definition) is 0. The summed E-state index contributed by atoms with van der Waals surface area (Å²) in [5, 5.41) is 0. The van der Waals surface area contributed by atoms with Crippen LogP contribution in [0.25, 0.3) is 17.2 Å². The lowest BCUT2D eigenvalue weighted by Crippen LogP contribution is -2.11. The molecule has 128 valence electrons. The van der Waals surface area contributed by atoms with Gasteiger partial charge in [-0.15, -0.1) is 0 Å². The number of methoxy groups -OCH3 is 1. The number of ether oxygens (including phenoxy) is 1. The van der Waals surface area contributed by atoms with Crippen molar-refractivity contribution in [3.63, 3.8) is 0 Å². The van der Waals surface area contributed by atoms with Gasteiger partial charge < -0.3 is 4.74 Å². The van der Waals surface area contributed by atoms with E-state index in [4.69, 9.17) is 9.72 Å². The van der Waals surface area contributed by atoms with Gasteiger partial charge in [0.1, 0.15) is 5.82 Å². The summed E-state index contributed by atoms with van der Waals surface area (Å²) in [5.41, 5.74) is 6.13. The topological polar surface area (TPSA) is 22.1 Å². The normalized spacial score (nSPS) is 11.3. The van der Waals surface area contributed by atoms with E-state index in [1.54, 1.807) is 7.11 Å². The molecule has 24 heavy (non-hydrogen) atoms. The van der Waals surface area contributed by atoms with Crippen molar-refractivity contribution in [3.8, 4) is 11.1 Å². The number of pyridine rings is 1. The molecule has 0 spiro atoms. The maximum Gasteiger partial charge on any atom is 0.123 e. The van der Waals surface area contributed by atoms with Crippen LogP contribution in [0, 0.1) is 5.82 Å². The van der Waals surface area contributed by atoms with Crippen LogP contribution in [0.15, 0.2) is 30.8 Å². The number of rotatable bonds is 6. The average molecular weight is 327 g/mol. The van der Waals surface area contributed by atoms with E-state index < -0.39 is 0 Å². The minimum Gasteiger partial charge on any atom is -0.380 e. The minimum atomic E-state index is -0.241. The standard InChI is InChI=1S/C21H26FNO/c1-7-17-19(15-8-10-16(22)11-9-15)18(12-24-6)21(14(4)5)23-20(17)13(2)3/h7-11,13-14H,1,12H2,2-6H3. The zero-order chi connectivity index (χ0) is 17.9. The van der Waals surface area contributed by atoms with Crippen molar-refractivity contribution >= 4 is 6.08 Å². The Kier molecular flexibility index (Phi) is 5.89. The first-order chi connectivity index (χ1) is 11.4. The molecule has 0 aliphatic carbocycles. The second kappa shape index (κ2) is 7.71. The molecule has 0 fully saturated rings. The van der Waals surface area contributed by atoms with E-state index in [9.17, 15) is 4.39 Å². The van der Waals surface area contributed by atoms with E-state index in [2.05, 4.69) is 34.3 Å². The van der Waals surface area contributed by atoms with Crippen molar-refractivity contribution in [1.82, 2.24) is 4.98 Å². The van der Waals surface area contributed by atoms with E-state index >= 15 is 0 Å². The molecular formula is C21H26FNO. The van der Waals surface area contributed by atoms with Gasteiger partial charge in [-0.25, -0.2) is 4.39 Å². The van der Waals surface area contributed by atoms with Gasteiger partial charge >= 0.3 is 0 Å². The molecule has 0 aliphatic rings. The molecular weight excluding hydrogens is 301 g/mol. The number of aromatic nitrogens is 1.